The predicted octanol–water partition coefficient (Wildman–Crippen LogP) is 2.58. The van der Waals surface area contributed by atoms with Crippen molar-refractivity contribution >= 4 is 28.2 Å². The Kier molecular flexibility index (Phi) is 2.19. The molecule has 5 heteroatoms. The number of nitrogens with one attached hydrogen (secondary N) is 2. The van der Waals surface area contributed by atoms with Crippen molar-refractivity contribution in [1.29, 1.82) is 5.41 Å². The first-order valence-corrected chi connectivity index (χ1v) is 5.99. The fraction of sp³-hybridized carbons (Fsp3) is 0. The first-order chi connectivity index (χ1) is 8.25. The lowest BCUT2D eigenvalue weighted by atomic mass is 10.1. The summed E-state index contributed by atoms with van der Waals surface area (Å²) in [6.07, 6.45) is 1.66. The van der Waals surface area contributed by atoms with E-state index in [1.54, 1.807) is 23.6 Å². The third-order valence-electron chi connectivity index (χ3n) is 2.61. The van der Waals surface area contributed by atoms with Gasteiger partial charge in [0.25, 0.3) is 0 Å². The van der Waals surface area contributed by atoms with Gasteiger partial charge in [0.15, 0.2) is 0 Å². The molecule has 3 rings (SSSR count). The van der Waals surface area contributed by atoms with E-state index in [9.17, 15) is 0 Å². The number of pyridine rings is 1. The van der Waals surface area contributed by atoms with Gasteiger partial charge in [-0.3, -0.25) is 5.41 Å². The maximum atomic E-state index is 7.54. The number of nitrogens with zero attached hydrogens (tertiary/aromatic N) is 1. The van der Waals surface area contributed by atoms with E-state index < -0.39 is 0 Å². The first kappa shape index (κ1) is 10.0. The lowest BCUT2D eigenvalue weighted by molar-refractivity contribution is 1.32. The van der Waals surface area contributed by atoms with Crippen molar-refractivity contribution in [3.63, 3.8) is 0 Å². The Labute approximate surface area is 102 Å². The molecule has 84 valence electrons. The van der Waals surface area contributed by atoms with Crippen LogP contribution in [0, 0.1) is 5.41 Å². The number of nitrogens with two attached hydrogens (primary N) is 1. The SMILES string of the molecule is N=C(N)c1ccnc2[nH]c(-c3cccs3)cc12. The molecule has 0 aliphatic heterocycles. The highest BCUT2D eigenvalue weighted by Crippen LogP contribution is 2.28. The zero-order valence-corrected chi connectivity index (χ0v) is 9.71. The zero-order valence-electron chi connectivity index (χ0n) is 8.90. The van der Waals surface area contributed by atoms with E-state index >= 15 is 0 Å². The van der Waals surface area contributed by atoms with E-state index in [2.05, 4.69) is 9.97 Å². The molecule has 0 radical (unpaired) electrons. The van der Waals surface area contributed by atoms with Gasteiger partial charge in [-0.15, -0.1) is 11.3 Å². The van der Waals surface area contributed by atoms with Crippen LogP contribution in [0.2, 0.25) is 0 Å². The van der Waals surface area contributed by atoms with Crippen LogP contribution in [-0.2, 0) is 0 Å². The van der Waals surface area contributed by atoms with E-state index in [4.69, 9.17) is 11.1 Å². The number of rotatable bonds is 2. The van der Waals surface area contributed by atoms with Gasteiger partial charge in [0.1, 0.15) is 11.5 Å². The van der Waals surface area contributed by atoms with Crippen LogP contribution in [0.25, 0.3) is 21.6 Å². The largest absolute Gasteiger partial charge is 0.384 e. The molecule has 0 aliphatic rings. The number of hydrogen-bond donors (Lipinski definition) is 3. The number of aromatic nitrogens is 2. The third-order valence-corrected chi connectivity index (χ3v) is 3.51. The smallest absolute Gasteiger partial charge is 0.138 e. The summed E-state index contributed by atoms with van der Waals surface area (Å²) >= 11 is 1.66. The number of hydrogen-bond acceptors (Lipinski definition) is 3. The van der Waals surface area contributed by atoms with Crippen molar-refractivity contribution < 1.29 is 0 Å². The van der Waals surface area contributed by atoms with Crippen LogP contribution in [0.4, 0.5) is 0 Å². The number of aromatic amines is 1. The lowest BCUT2D eigenvalue weighted by Gasteiger charge is -1.97. The van der Waals surface area contributed by atoms with Crippen LogP contribution in [0.1, 0.15) is 5.56 Å². The molecule has 0 saturated carbocycles. The molecule has 4 nitrogen and oxygen atoms in total. The molecule has 0 amide bonds. The quantitative estimate of drug-likeness (QED) is 0.477. The van der Waals surface area contributed by atoms with Gasteiger partial charge in [-0.25, -0.2) is 4.98 Å². The molecule has 0 fully saturated rings. The lowest BCUT2D eigenvalue weighted by Crippen LogP contribution is -2.11. The Morgan fingerprint density at radius 2 is 2.29 bits per heavy atom. The van der Waals surface area contributed by atoms with Gasteiger partial charge >= 0.3 is 0 Å². The molecule has 0 saturated heterocycles. The van der Waals surface area contributed by atoms with Crippen LogP contribution in [-0.4, -0.2) is 15.8 Å². The van der Waals surface area contributed by atoms with Crippen molar-refractivity contribution in [1.82, 2.24) is 9.97 Å². The fourth-order valence-corrected chi connectivity index (χ4v) is 2.52. The van der Waals surface area contributed by atoms with Gasteiger partial charge in [0.05, 0.1) is 10.6 Å². The molecule has 0 unspecified atom stereocenters. The Morgan fingerprint density at radius 3 is 3.00 bits per heavy atom. The molecule has 0 spiro atoms. The van der Waals surface area contributed by atoms with E-state index in [1.165, 1.54) is 0 Å². The summed E-state index contributed by atoms with van der Waals surface area (Å²) in [7, 11) is 0. The average Bonchev–Trinajstić information content (AvgIpc) is 2.96. The number of thiophene rings is 1. The number of H-pyrrole nitrogens is 1. The normalized spacial score (nSPS) is 10.8. The maximum Gasteiger partial charge on any atom is 0.138 e. The Hall–Kier alpha value is -2.14. The summed E-state index contributed by atoms with van der Waals surface area (Å²) in [5, 5.41) is 10.5. The monoisotopic (exact) mass is 242 g/mol. The molecule has 0 bridgehead atoms. The third kappa shape index (κ3) is 1.60. The van der Waals surface area contributed by atoms with E-state index in [0.29, 0.717) is 5.56 Å². The van der Waals surface area contributed by atoms with Gasteiger partial charge in [-0.05, 0) is 23.6 Å². The molecular weight excluding hydrogens is 232 g/mol. The van der Waals surface area contributed by atoms with E-state index in [-0.39, 0.29) is 5.84 Å². The first-order valence-electron chi connectivity index (χ1n) is 5.12. The highest BCUT2D eigenvalue weighted by molar-refractivity contribution is 7.13. The fourth-order valence-electron chi connectivity index (χ4n) is 1.83. The highest BCUT2D eigenvalue weighted by Gasteiger charge is 2.09. The highest BCUT2D eigenvalue weighted by atomic mass is 32.1. The maximum absolute atomic E-state index is 7.54. The molecule has 3 aromatic rings. The van der Waals surface area contributed by atoms with E-state index in [0.717, 1.165) is 21.6 Å². The number of nitrogen functional groups attached to an aromatic ring is 1. The molecule has 17 heavy (non-hydrogen) atoms. The van der Waals surface area contributed by atoms with Crippen LogP contribution in [0.5, 0.6) is 0 Å². The van der Waals surface area contributed by atoms with Gasteiger partial charge < -0.3 is 10.7 Å². The van der Waals surface area contributed by atoms with Crippen molar-refractivity contribution in [2.24, 2.45) is 5.73 Å². The standard InChI is InChI=1S/C12H10N4S/c13-11(14)7-3-4-15-12-8(7)6-9(16-12)10-2-1-5-17-10/h1-6H,(H3,13,14)(H,15,16). The van der Waals surface area contributed by atoms with Crippen molar-refractivity contribution in [2.45, 2.75) is 0 Å². The van der Waals surface area contributed by atoms with Gasteiger partial charge in [-0.1, -0.05) is 6.07 Å². The minimum absolute atomic E-state index is 0.0640. The zero-order chi connectivity index (χ0) is 11.8. The van der Waals surface area contributed by atoms with Crippen molar-refractivity contribution in [3.05, 3.63) is 41.4 Å². The average molecular weight is 242 g/mol. The summed E-state index contributed by atoms with van der Waals surface area (Å²) in [4.78, 5) is 8.64. The summed E-state index contributed by atoms with van der Waals surface area (Å²) in [6.45, 7) is 0. The van der Waals surface area contributed by atoms with E-state index in [1.807, 2.05) is 23.6 Å². The Morgan fingerprint density at radius 1 is 1.41 bits per heavy atom. The van der Waals surface area contributed by atoms with Crippen molar-refractivity contribution in [3.8, 4) is 10.6 Å². The number of amidine groups is 1. The molecule has 3 aromatic heterocycles. The minimum Gasteiger partial charge on any atom is -0.384 e. The topological polar surface area (TPSA) is 78.6 Å². The Balaban J connectivity index is 2.26. The molecule has 0 aliphatic carbocycles. The second kappa shape index (κ2) is 3.71. The summed E-state index contributed by atoms with van der Waals surface area (Å²) in [6, 6.07) is 7.80. The predicted molar refractivity (Wildman–Crippen MR) is 70.4 cm³/mol. The molecular formula is C12H10N4S. The second-order valence-electron chi connectivity index (χ2n) is 3.69. The van der Waals surface area contributed by atoms with Crippen LogP contribution in [0.15, 0.2) is 35.8 Å². The van der Waals surface area contributed by atoms with Crippen LogP contribution >= 0.6 is 11.3 Å². The molecule has 4 N–H and O–H groups in total. The molecule has 0 aromatic carbocycles. The second-order valence-corrected chi connectivity index (χ2v) is 4.64. The van der Waals surface area contributed by atoms with Gasteiger partial charge in [0, 0.05) is 17.1 Å². The van der Waals surface area contributed by atoms with Crippen LogP contribution in [0.3, 0.4) is 0 Å². The van der Waals surface area contributed by atoms with Crippen LogP contribution < -0.4 is 5.73 Å². The van der Waals surface area contributed by atoms with Gasteiger partial charge in [0.2, 0.25) is 0 Å². The Bertz CT molecular complexity index is 682. The molecule has 0 atom stereocenters. The number of fused-ring (bicyclic) bond motifs is 1. The minimum atomic E-state index is 0.0640. The van der Waals surface area contributed by atoms with Crippen molar-refractivity contribution in [2.75, 3.05) is 0 Å². The summed E-state index contributed by atoms with van der Waals surface area (Å²) < 4.78 is 0. The summed E-state index contributed by atoms with van der Waals surface area (Å²) in [5.74, 6) is 0.0640. The molecule has 3 heterocycles. The summed E-state index contributed by atoms with van der Waals surface area (Å²) in [5.41, 5.74) is 8.04. The van der Waals surface area contributed by atoms with Gasteiger partial charge in [-0.2, -0.15) is 0 Å².